The zero-order chi connectivity index (χ0) is 14.5. The molecule has 1 N–H and O–H groups in total. The first kappa shape index (κ1) is 14.9. The molecular formula is C13H15ClN4OS. The monoisotopic (exact) mass is 310 g/mol. The Bertz CT molecular complexity index is 602. The van der Waals surface area contributed by atoms with E-state index < -0.39 is 0 Å². The molecule has 0 radical (unpaired) electrons. The zero-order valence-corrected chi connectivity index (χ0v) is 12.8. The van der Waals surface area contributed by atoms with Crippen LogP contribution in [-0.2, 0) is 11.3 Å². The largest absolute Gasteiger partial charge is 0.326 e. The fourth-order valence-electron chi connectivity index (χ4n) is 1.58. The summed E-state index contributed by atoms with van der Waals surface area (Å²) in [5.74, 6) is -0.129. The lowest BCUT2D eigenvalue weighted by Gasteiger charge is -2.12. The first-order valence-electron chi connectivity index (χ1n) is 6.21. The number of amides is 1. The number of carbonyl (C=O) groups is 1. The highest BCUT2D eigenvalue weighted by Gasteiger charge is 2.18. The number of carbonyl (C=O) groups excluding carboxylic acids is 1. The van der Waals surface area contributed by atoms with Crippen LogP contribution in [-0.4, -0.2) is 25.7 Å². The fraction of sp³-hybridized carbons (Fsp3) is 0.308. The van der Waals surface area contributed by atoms with E-state index in [0.29, 0.717) is 5.69 Å². The number of nitrogens with one attached hydrogen (secondary N) is 1. The van der Waals surface area contributed by atoms with Gasteiger partial charge in [0.15, 0.2) is 10.3 Å². The molecule has 2 aromatic rings. The van der Waals surface area contributed by atoms with Gasteiger partial charge in [-0.3, -0.25) is 4.79 Å². The van der Waals surface area contributed by atoms with Crippen LogP contribution in [0.3, 0.4) is 0 Å². The summed E-state index contributed by atoms with van der Waals surface area (Å²) in [7, 11) is 0. The van der Waals surface area contributed by atoms with Gasteiger partial charge < -0.3 is 9.88 Å². The third-order valence-electron chi connectivity index (χ3n) is 2.69. The number of imidazole rings is 1. The van der Waals surface area contributed by atoms with Crippen LogP contribution < -0.4 is 5.32 Å². The molecule has 0 saturated carbocycles. The number of hydrogen-bond donors (Lipinski definition) is 1. The lowest BCUT2D eigenvalue weighted by molar-refractivity contribution is -0.115. The van der Waals surface area contributed by atoms with Gasteiger partial charge >= 0.3 is 0 Å². The van der Waals surface area contributed by atoms with Crippen LogP contribution in [0, 0.1) is 0 Å². The third-order valence-corrected chi connectivity index (χ3v) is 4.11. The molecule has 7 heteroatoms. The molecule has 5 nitrogen and oxygen atoms in total. The van der Waals surface area contributed by atoms with Crippen LogP contribution in [0.25, 0.3) is 0 Å². The van der Waals surface area contributed by atoms with E-state index in [4.69, 9.17) is 11.6 Å². The zero-order valence-electron chi connectivity index (χ0n) is 11.2. The van der Waals surface area contributed by atoms with Gasteiger partial charge in [0, 0.05) is 25.1 Å². The molecule has 0 saturated heterocycles. The minimum absolute atomic E-state index is 0.129. The number of aryl methyl sites for hydroxylation is 1. The van der Waals surface area contributed by atoms with Gasteiger partial charge in [0.2, 0.25) is 5.91 Å². The van der Waals surface area contributed by atoms with Gasteiger partial charge in [0.05, 0.1) is 10.9 Å². The quantitative estimate of drug-likeness (QED) is 0.681. The second-order valence-corrected chi connectivity index (χ2v) is 5.75. The summed E-state index contributed by atoms with van der Waals surface area (Å²) in [6, 6.07) is 3.45. The van der Waals surface area contributed by atoms with E-state index in [9.17, 15) is 4.79 Å². The Morgan fingerprint density at radius 3 is 3.00 bits per heavy atom. The van der Waals surface area contributed by atoms with Crippen LogP contribution in [0.5, 0.6) is 0 Å². The summed E-state index contributed by atoms with van der Waals surface area (Å²) in [6.45, 7) is 4.69. The number of halogens is 1. The number of anilines is 1. The first-order valence-corrected chi connectivity index (χ1v) is 7.46. The average molecular weight is 311 g/mol. The lowest BCUT2D eigenvalue weighted by atomic mass is 10.4. The van der Waals surface area contributed by atoms with Crippen LogP contribution >= 0.6 is 23.4 Å². The molecule has 0 spiro atoms. The van der Waals surface area contributed by atoms with Gasteiger partial charge in [-0.1, -0.05) is 23.4 Å². The first-order chi connectivity index (χ1) is 9.61. The lowest BCUT2D eigenvalue weighted by Crippen LogP contribution is -2.23. The maximum atomic E-state index is 12.1. The molecule has 0 bridgehead atoms. The third kappa shape index (κ3) is 3.52. The van der Waals surface area contributed by atoms with Crippen molar-refractivity contribution < 1.29 is 4.79 Å². The Kier molecular flexibility index (Phi) is 5.03. The standard InChI is InChI=1S/C13H15ClN4OS/c1-3-18-8-7-16-13(18)20-9(2)12(19)17-10-5-4-6-15-11(10)14/h4-9H,3H2,1-2H3,(H,17,19)/t9-/m0/s1. The van der Waals surface area contributed by atoms with Gasteiger partial charge in [0.25, 0.3) is 0 Å². The molecule has 106 valence electrons. The number of hydrogen-bond acceptors (Lipinski definition) is 4. The second kappa shape index (κ2) is 6.76. The van der Waals surface area contributed by atoms with Crippen LogP contribution in [0.1, 0.15) is 13.8 Å². The van der Waals surface area contributed by atoms with Crippen molar-refractivity contribution in [2.75, 3.05) is 5.32 Å². The molecule has 0 fully saturated rings. The molecule has 2 aromatic heterocycles. The number of aromatic nitrogens is 3. The van der Waals surface area contributed by atoms with E-state index in [1.54, 1.807) is 24.5 Å². The summed E-state index contributed by atoms with van der Waals surface area (Å²) >= 11 is 7.33. The van der Waals surface area contributed by atoms with Crippen LogP contribution in [0.15, 0.2) is 35.9 Å². The van der Waals surface area contributed by atoms with Gasteiger partial charge in [-0.05, 0) is 26.0 Å². The Balaban J connectivity index is 2.01. The SMILES string of the molecule is CCn1ccnc1S[C@@H](C)C(=O)Nc1cccnc1Cl. The van der Waals surface area contributed by atoms with Crippen molar-refractivity contribution in [3.8, 4) is 0 Å². The van der Waals surface area contributed by atoms with E-state index in [1.165, 1.54) is 11.8 Å². The van der Waals surface area contributed by atoms with Gasteiger partial charge in [-0.25, -0.2) is 9.97 Å². The highest BCUT2D eigenvalue weighted by Crippen LogP contribution is 2.24. The molecule has 0 aliphatic carbocycles. The van der Waals surface area contributed by atoms with E-state index >= 15 is 0 Å². The topological polar surface area (TPSA) is 59.8 Å². The minimum atomic E-state index is -0.279. The highest BCUT2D eigenvalue weighted by molar-refractivity contribution is 8.00. The van der Waals surface area contributed by atoms with E-state index in [-0.39, 0.29) is 16.3 Å². The van der Waals surface area contributed by atoms with Crippen molar-refractivity contribution in [1.82, 2.24) is 14.5 Å². The van der Waals surface area contributed by atoms with Crippen molar-refractivity contribution in [2.45, 2.75) is 30.8 Å². The second-order valence-electron chi connectivity index (χ2n) is 4.09. The summed E-state index contributed by atoms with van der Waals surface area (Å²) in [5.41, 5.74) is 0.519. The molecule has 0 aliphatic rings. The van der Waals surface area contributed by atoms with E-state index in [1.807, 2.05) is 24.6 Å². The van der Waals surface area contributed by atoms with Crippen molar-refractivity contribution in [3.63, 3.8) is 0 Å². The van der Waals surface area contributed by atoms with Gasteiger partial charge in [-0.2, -0.15) is 0 Å². The van der Waals surface area contributed by atoms with Gasteiger partial charge in [-0.15, -0.1) is 0 Å². The predicted molar refractivity (Wildman–Crippen MR) is 81.1 cm³/mol. The van der Waals surface area contributed by atoms with E-state index in [2.05, 4.69) is 15.3 Å². The molecule has 20 heavy (non-hydrogen) atoms. The van der Waals surface area contributed by atoms with Crippen LogP contribution in [0.2, 0.25) is 5.15 Å². The molecule has 0 aliphatic heterocycles. The molecule has 1 amide bonds. The van der Waals surface area contributed by atoms with Crippen molar-refractivity contribution in [1.29, 1.82) is 0 Å². The average Bonchev–Trinajstić information content (AvgIpc) is 2.88. The number of rotatable bonds is 5. The summed E-state index contributed by atoms with van der Waals surface area (Å²) in [4.78, 5) is 20.3. The maximum Gasteiger partial charge on any atom is 0.237 e. The number of pyridine rings is 1. The molecular weight excluding hydrogens is 296 g/mol. The molecule has 1 atom stereocenters. The summed E-state index contributed by atoms with van der Waals surface area (Å²) < 4.78 is 1.99. The van der Waals surface area contributed by atoms with Crippen LogP contribution in [0.4, 0.5) is 5.69 Å². The minimum Gasteiger partial charge on any atom is -0.326 e. The molecule has 0 unspecified atom stereocenters. The number of thioether (sulfide) groups is 1. The predicted octanol–water partition coefficient (Wildman–Crippen LogP) is 3.07. The fourth-order valence-corrected chi connectivity index (χ4v) is 2.68. The van der Waals surface area contributed by atoms with Crippen molar-refractivity contribution in [2.24, 2.45) is 0 Å². The highest BCUT2D eigenvalue weighted by atomic mass is 35.5. The molecule has 2 rings (SSSR count). The molecule has 2 heterocycles. The number of nitrogens with zero attached hydrogens (tertiary/aromatic N) is 3. The smallest absolute Gasteiger partial charge is 0.237 e. The molecule has 0 aromatic carbocycles. The Labute approximate surface area is 126 Å². The Morgan fingerprint density at radius 2 is 2.30 bits per heavy atom. The normalized spacial score (nSPS) is 12.2. The maximum absolute atomic E-state index is 12.1. The van der Waals surface area contributed by atoms with Crippen molar-refractivity contribution in [3.05, 3.63) is 35.9 Å². The van der Waals surface area contributed by atoms with E-state index in [0.717, 1.165) is 11.7 Å². The van der Waals surface area contributed by atoms with Gasteiger partial charge in [0.1, 0.15) is 0 Å². The summed E-state index contributed by atoms with van der Waals surface area (Å²) in [5, 5.41) is 3.60. The Hall–Kier alpha value is -1.53. The summed E-state index contributed by atoms with van der Waals surface area (Å²) in [6.07, 6.45) is 5.20. The van der Waals surface area contributed by atoms with Crippen molar-refractivity contribution >= 4 is 35.0 Å². The Morgan fingerprint density at radius 1 is 1.50 bits per heavy atom.